The highest BCUT2D eigenvalue weighted by Gasteiger charge is 2.18. The van der Waals surface area contributed by atoms with Crippen LogP contribution in [0.15, 0.2) is 12.1 Å². The lowest BCUT2D eigenvalue weighted by atomic mass is 10.2. The normalized spacial score (nSPS) is 20.4. The van der Waals surface area contributed by atoms with Crippen LogP contribution in [-0.2, 0) is 0 Å². The number of hydrogen-bond acceptors (Lipinski definition) is 4. The van der Waals surface area contributed by atoms with Crippen LogP contribution in [0.3, 0.4) is 0 Å². The summed E-state index contributed by atoms with van der Waals surface area (Å²) in [6.45, 7) is 6.74. The molecule has 1 saturated heterocycles. The highest BCUT2D eigenvalue weighted by atomic mass is 16.1. The summed E-state index contributed by atoms with van der Waals surface area (Å²) in [5.41, 5.74) is 6.66. The second-order valence-electron chi connectivity index (χ2n) is 4.52. The highest BCUT2D eigenvalue weighted by molar-refractivity contribution is 5.93. The maximum Gasteiger partial charge on any atom is 0.248 e. The SMILES string of the molecule is Cc1cc(C(N)=O)cc(N2CCNC(C)C2)n1. The summed E-state index contributed by atoms with van der Waals surface area (Å²) in [7, 11) is 0. The van der Waals surface area contributed by atoms with Crippen LogP contribution < -0.4 is 16.0 Å². The Hall–Kier alpha value is -1.62. The molecule has 0 radical (unpaired) electrons. The number of amides is 1. The van der Waals surface area contributed by atoms with Crippen molar-refractivity contribution in [2.75, 3.05) is 24.5 Å². The molecule has 1 aromatic heterocycles. The van der Waals surface area contributed by atoms with Gasteiger partial charge in [0, 0.05) is 36.9 Å². The van der Waals surface area contributed by atoms with Gasteiger partial charge in [-0.3, -0.25) is 4.79 Å². The molecule has 3 N–H and O–H groups in total. The topological polar surface area (TPSA) is 71.2 Å². The first-order valence-electron chi connectivity index (χ1n) is 5.83. The Labute approximate surface area is 101 Å². The highest BCUT2D eigenvalue weighted by Crippen LogP contribution is 2.16. The van der Waals surface area contributed by atoms with Gasteiger partial charge in [0.25, 0.3) is 0 Å². The minimum absolute atomic E-state index is 0.403. The Morgan fingerprint density at radius 2 is 2.35 bits per heavy atom. The Morgan fingerprint density at radius 3 is 3.00 bits per heavy atom. The second kappa shape index (κ2) is 4.71. The van der Waals surface area contributed by atoms with Gasteiger partial charge in [0.2, 0.25) is 5.91 Å². The number of aryl methyl sites for hydroxylation is 1. The number of hydrogen-bond donors (Lipinski definition) is 2. The van der Waals surface area contributed by atoms with Gasteiger partial charge in [-0.15, -0.1) is 0 Å². The minimum atomic E-state index is -0.403. The predicted octanol–water partition coefficient (Wildman–Crippen LogP) is 0.287. The van der Waals surface area contributed by atoms with E-state index in [1.165, 1.54) is 0 Å². The van der Waals surface area contributed by atoms with Crippen molar-refractivity contribution in [3.8, 4) is 0 Å². The summed E-state index contributed by atoms with van der Waals surface area (Å²) in [6.07, 6.45) is 0. The molecule has 0 saturated carbocycles. The molecule has 0 aliphatic carbocycles. The first-order valence-corrected chi connectivity index (χ1v) is 5.83. The van der Waals surface area contributed by atoms with E-state index in [-0.39, 0.29) is 0 Å². The van der Waals surface area contributed by atoms with E-state index in [4.69, 9.17) is 5.73 Å². The molecule has 1 fully saturated rings. The number of nitrogens with one attached hydrogen (secondary N) is 1. The Bertz CT molecular complexity index is 433. The Balaban J connectivity index is 2.28. The summed E-state index contributed by atoms with van der Waals surface area (Å²) < 4.78 is 0. The Morgan fingerprint density at radius 1 is 1.59 bits per heavy atom. The quantitative estimate of drug-likeness (QED) is 0.771. The van der Waals surface area contributed by atoms with Crippen molar-refractivity contribution in [1.29, 1.82) is 0 Å². The number of anilines is 1. The molecule has 0 aromatic carbocycles. The van der Waals surface area contributed by atoms with Gasteiger partial charge in [-0.1, -0.05) is 0 Å². The zero-order valence-corrected chi connectivity index (χ0v) is 10.2. The zero-order chi connectivity index (χ0) is 12.4. The molecule has 0 spiro atoms. The smallest absolute Gasteiger partial charge is 0.248 e. The minimum Gasteiger partial charge on any atom is -0.366 e. The number of carbonyl (C=O) groups excluding carboxylic acids is 1. The number of piperazine rings is 1. The molecule has 1 aromatic rings. The molecule has 5 heteroatoms. The number of aromatic nitrogens is 1. The average molecular weight is 234 g/mol. The van der Waals surface area contributed by atoms with Gasteiger partial charge in [-0.2, -0.15) is 0 Å². The van der Waals surface area contributed by atoms with Crippen molar-refractivity contribution in [2.45, 2.75) is 19.9 Å². The summed E-state index contributed by atoms with van der Waals surface area (Å²) in [4.78, 5) is 17.9. The van der Waals surface area contributed by atoms with Crippen LogP contribution in [0, 0.1) is 6.92 Å². The van der Waals surface area contributed by atoms with Crippen LogP contribution in [0.4, 0.5) is 5.82 Å². The number of rotatable bonds is 2. The summed E-state index contributed by atoms with van der Waals surface area (Å²) >= 11 is 0. The van der Waals surface area contributed by atoms with E-state index >= 15 is 0 Å². The van der Waals surface area contributed by atoms with Crippen LogP contribution in [0.2, 0.25) is 0 Å². The molecule has 2 rings (SSSR count). The van der Waals surface area contributed by atoms with E-state index in [0.29, 0.717) is 11.6 Å². The van der Waals surface area contributed by atoms with Gasteiger partial charge < -0.3 is 16.0 Å². The van der Waals surface area contributed by atoms with Gasteiger partial charge in [0.1, 0.15) is 5.82 Å². The molecule has 5 nitrogen and oxygen atoms in total. The fourth-order valence-electron chi connectivity index (χ4n) is 2.10. The van der Waals surface area contributed by atoms with Crippen molar-refractivity contribution >= 4 is 11.7 Å². The zero-order valence-electron chi connectivity index (χ0n) is 10.2. The average Bonchev–Trinajstić information content (AvgIpc) is 2.28. The van der Waals surface area contributed by atoms with Crippen molar-refractivity contribution in [2.24, 2.45) is 5.73 Å². The number of pyridine rings is 1. The molecule has 17 heavy (non-hydrogen) atoms. The van der Waals surface area contributed by atoms with Crippen LogP contribution in [0.25, 0.3) is 0 Å². The fraction of sp³-hybridized carbons (Fsp3) is 0.500. The van der Waals surface area contributed by atoms with E-state index in [1.54, 1.807) is 12.1 Å². The van der Waals surface area contributed by atoms with E-state index in [2.05, 4.69) is 22.1 Å². The fourth-order valence-corrected chi connectivity index (χ4v) is 2.10. The van der Waals surface area contributed by atoms with Crippen LogP contribution in [0.1, 0.15) is 23.0 Å². The number of nitrogens with two attached hydrogens (primary N) is 1. The van der Waals surface area contributed by atoms with E-state index < -0.39 is 5.91 Å². The van der Waals surface area contributed by atoms with Gasteiger partial charge >= 0.3 is 0 Å². The van der Waals surface area contributed by atoms with Crippen molar-refractivity contribution in [1.82, 2.24) is 10.3 Å². The first kappa shape index (κ1) is 11.9. The third-order valence-electron chi connectivity index (χ3n) is 2.92. The van der Waals surface area contributed by atoms with Crippen LogP contribution >= 0.6 is 0 Å². The Kier molecular flexibility index (Phi) is 3.28. The standard InChI is InChI=1S/C12H18N4O/c1-8-5-10(12(13)17)6-11(15-8)16-4-3-14-9(2)7-16/h5-6,9,14H,3-4,7H2,1-2H3,(H2,13,17). The lowest BCUT2D eigenvalue weighted by Gasteiger charge is -2.33. The first-order chi connectivity index (χ1) is 8.06. The summed E-state index contributed by atoms with van der Waals surface area (Å²) in [5, 5.41) is 3.37. The van der Waals surface area contributed by atoms with Crippen LogP contribution in [0.5, 0.6) is 0 Å². The number of nitrogens with zero attached hydrogens (tertiary/aromatic N) is 2. The molecule has 1 aliphatic heterocycles. The third kappa shape index (κ3) is 2.74. The van der Waals surface area contributed by atoms with E-state index in [9.17, 15) is 4.79 Å². The molecule has 2 heterocycles. The van der Waals surface area contributed by atoms with Crippen molar-refractivity contribution in [3.63, 3.8) is 0 Å². The summed E-state index contributed by atoms with van der Waals surface area (Å²) in [5.74, 6) is 0.437. The summed E-state index contributed by atoms with van der Waals surface area (Å²) in [6, 6.07) is 3.92. The predicted molar refractivity (Wildman–Crippen MR) is 67.2 cm³/mol. The third-order valence-corrected chi connectivity index (χ3v) is 2.92. The number of primary amides is 1. The van der Waals surface area contributed by atoms with Crippen molar-refractivity contribution < 1.29 is 4.79 Å². The lowest BCUT2D eigenvalue weighted by Crippen LogP contribution is -2.49. The molecule has 0 bridgehead atoms. The molecular weight excluding hydrogens is 216 g/mol. The maximum absolute atomic E-state index is 11.2. The molecule has 1 aliphatic rings. The molecule has 1 unspecified atom stereocenters. The van der Waals surface area contributed by atoms with Gasteiger partial charge in [0.15, 0.2) is 0 Å². The monoisotopic (exact) mass is 234 g/mol. The largest absolute Gasteiger partial charge is 0.366 e. The molecule has 1 amide bonds. The van der Waals surface area contributed by atoms with Gasteiger partial charge in [0.05, 0.1) is 0 Å². The van der Waals surface area contributed by atoms with Crippen molar-refractivity contribution in [3.05, 3.63) is 23.4 Å². The van der Waals surface area contributed by atoms with Gasteiger partial charge in [-0.05, 0) is 26.0 Å². The van der Waals surface area contributed by atoms with Crippen LogP contribution in [-0.4, -0.2) is 36.6 Å². The van der Waals surface area contributed by atoms with E-state index in [1.807, 2.05) is 6.92 Å². The van der Waals surface area contributed by atoms with Gasteiger partial charge in [-0.25, -0.2) is 4.98 Å². The second-order valence-corrected chi connectivity index (χ2v) is 4.52. The molecular formula is C12H18N4O. The molecule has 1 atom stereocenters. The lowest BCUT2D eigenvalue weighted by molar-refractivity contribution is 0.1000. The molecule has 92 valence electrons. The number of carbonyl (C=O) groups is 1. The van der Waals surface area contributed by atoms with E-state index in [0.717, 1.165) is 31.1 Å². The maximum atomic E-state index is 11.2.